The van der Waals surface area contributed by atoms with Crippen molar-refractivity contribution in [1.29, 1.82) is 0 Å². The van der Waals surface area contributed by atoms with Crippen molar-refractivity contribution in [3.63, 3.8) is 0 Å². The van der Waals surface area contributed by atoms with Crippen molar-refractivity contribution >= 4 is 33.2 Å². The molecule has 1 fully saturated rings. The zero-order valence-corrected chi connectivity index (χ0v) is 16.4. The van der Waals surface area contributed by atoms with E-state index in [-0.39, 0.29) is 5.56 Å². The Morgan fingerprint density at radius 2 is 1.54 bits per heavy atom. The third-order valence-corrected chi connectivity index (χ3v) is 5.36. The number of nitro benzene ring substituents is 2. The van der Waals surface area contributed by atoms with Crippen molar-refractivity contribution in [1.82, 2.24) is 9.80 Å². The second-order valence-electron chi connectivity index (χ2n) is 6.41. The maximum atomic E-state index is 12.7. The highest BCUT2D eigenvalue weighted by Gasteiger charge is 2.26. The number of hydrogen-bond acceptors (Lipinski definition) is 6. The van der Waals surface area contributed by atoms with Crippen LogP contribution in [-0.2, 0) is 6.54 Å². The number of amides is 1. The Labute approximate surface area is 169 Å². The summed E-state index contributed by atoms with van der Waals surface area (Å²) in [5, 5.41) is 22.0. The first-order chi connectivity index (χ1) is 13.3. The van der Waals surface area contributed by atoms with Gasteiger partial charge in [0.15, 0.2) is 0 Å². The first-order valence-electron chi connectivity index (χ1n) is 8.54. The number of nitro groups is 2. The van der Waals surface area contributed by atoms with Crippen molar-refractivity contribution in [2.45, 2.75) is 6.54 Å². The second kappa shape index (κ2) is 8.44. The van der Waals surface area contributed by atoms with E-state index in [1.807, 2.05) is 24.3 Å². The van der Waals surface area contributed by atoms with Gasteiger partial charge in [-0.05, 0) is 11.6 Å². The van der Waals surface area contributed by atoms with Crippen LogP contribution in [0.25, 0.3) is 0 Å². The molecule has 3 rings (SSSR count). The summed E-state index contributed by atoms with van der Waals surface area (Å²) >= 11 is 3.52. The highest BCUT2D eigenvalue weighted by molar-refractivity contribution is 9.10. The molecule has 1 aliphatic heterocycles. The maximum Gasteiger partial charge on any atom is 0.277 e. The number of piperazine rings is 1. The highest BCUT2D eigenvalue weighted by Crippen LogP contribution is 2.24. The van der Waals surface area contributed by atoms with Gasteiger partial charge < -0.3 is 4.90 Å². The highest BCUT2D eigenvalue weighted by atomic mass is 79.9. The van der Waals surface area contributed by atoms with Gasteiger partial charge in [0.25, 0.3) is 17.3 Å². The Kier molecular flexibility index (Phi) is 6.00. The molecule has 0 saturated carbocycles. The Morgan fingerprint density at radius 3 is 2.07 bits per heavy atom. The van der Waals surface area contributed by atoms with Gasteiger partial charge in [0.1, 0.15) is 0 Å². The van der Waals surface area contributed by atoms with Crippen LogP contribution in [0.2, 0.25) is 0 Å². The largest absolute Gasteiger partial charge is 0.336 e. The molecule has 1 saturated heterocycles. The number of benzene rings is 2. The third-order valence-electron chi connectivity index (χ3n) is 4.58. The monoisotopic (exact) mass is 448 g/mol. The zero-order valence-electron chi connectivity index (χ0n) is 14.8. The van der Waals surface area contributed by atoms with Crippen LogP contribution in [0.1, 0.15) is 15.9 Å². The summed E-state index contributed by atoms with van der Waals surface area (Å²) in [6, 6.07) is 10.9. The lowest BCUT2D eigenvalue weighted by molar-refractivity contribution is -0.394. The molecule has 146 valence electrons. The number of hydrogen-bond donors (Lipinski definition) is 0. The fourth-order valence-electron chi connectivity index (χ4n) is 3.09. The van der Waals surface area contributed by atoms with E-state index in [4.69, 9.17) is 0 Å². The molecule has 9 nitrogen and oxygen atoms in total. The average Bonchev–Trinajstić information content (AvgIpc) is 2.69. The van der Waals surface area contributed by atoms with Gasteiger partial charge in [-0.1, -0.05) is 34.1 Å². The van der Waals surface area contributed by atoms with Crippen LogP contribution in [0, 0.1) is 20.2 Å². The molecule has 0 unspecified atom stereocenters. The van der Waals surface area contributed by atoms with Crippen LogP contribution in [0.4, 0.5) is 11.4 Å². The van der Waals surface area contributed by atoms with Gasteiger partial charge in [-0.2, -0.15) is 0 Å². The van der Waals surface area contributed by atoms with E-state index in [2.05, 4.69) is 20.8 Å². The zero-order chi connectivity index (χ0) is 20.3. The Balaban J connectivity index is 1.69. The summed E-state index contributed by atoms with van der Waals surface area (Å²) in [5.41, 5.74) is 0.173. The molecule has 28 heavy (non-hydrogen) atoms. The first-order valence-corrected chi connectivity index (χ1v) is 9.33. The van der Waals surface area contributed by atoms with Crippen LogP contribution in [0.5, 0.6) is 0 Å². The topological polar surface area (TPSA) is 110 Å². The van der Waals surface area contributed by atoms with Crippen LogP contribution in [0.3, 0.4) is 0 Å². The molecule has 0 N–H and O–H groups in total. The summed E-state index contributed by atoms with van der Waals surface area (Å²) in [4.78, 5) is 37.1. The minimum Gasteiger partial charge on any atom is -0.336 e. The van der Waals surface area contributed by atoms with Crippen molar-refractivity contribution in [2.24, 2.45) is 0 Å². The molecule has 0 aromatic heterocycles. The number of rotatable bonds is 5. The molecule has 1 amide bonds. The van der Waals surface area contributed by atoms with Crippen molar-refractivity contribution in [2.75, 3.05) is 26.2 Å². The number of non-ortho nitro benzene ring substituents is 2. The normalized spacial score (nSPS) is 14.7. The van der Waals surface area contributed by atoms with Gasteiger partial charge in [0.05, 0.1) is 21.5 Å². The van der Waals surface area contributed by atoms with E-state index in [9.17, 15) is 25.0 Å². The van der Waals surface area contributed by atoms with E-state index in [0.717, 1.165) is 34.8 Å². The lowest BCUT2D eigenvalue weighted by atomic mass is 10.1. The van der Waals surface area contributed by atoms with Crippen LogP contribution in [0.15, 0.2) is 46.9 Å². The Morgan fingerprint density at radius 1 is 0.964 bits per heavy atom. The molecule has 0 radical (unpaired) electrons. The summed E-state index contributed by atoms with van der Waals surface area (Å²) in [5.74, 6) is -0.438. The average molecular weight is 449 g/mol. The molecule has 0 spiro atoms. The van der Waals surface area contributed by atoms with Crippen LogP contribution >= 0.6 is 15.9 Å². The van der Waals surface area contributed by atoms with Crippen LogP contribution in [-0.4, -0.2) is 51.7 Å². The fourth-order valence-corrected chi connectivity index (χ4v) is 3.50. The molecule has 2 aromatic carbocycles. The molecule has 0 aliphatic carbocycles. The minimum absolute atomic E-state index is 0.0415. The van der Waals surface area contributed by atoms with Crippen molar-refractivity contribution < 1.29 is 14.6 Å². The SMILES string of the molecule is O=C(c1cc([N+](=O)[O-])cc([N+](=O)[O-])c1)N1CCN(Cc2ccccc2Br)CC1. The molecular formula is C18H17BrN4O5. The number of halogens is 1. The van der Waals surface area contributed by atoms with E-state index < -0.39 is 27.1 Å². The smallest absolute Gasteiger partial charge is 0.277 e. The summed E-state index contributed by atoms with van der Waals surface area (Å²) < 4.78 is 1.03. The van der Waals surface area contributed by atoms with Gasteiger partial charge in [0, 0.05) is 49.3 Å². The van der Waals surface area contributed by atoms with E-state index in [0.29, 0.717) is 26.2 Å². The molecule has 0 bridgehead atoms. The third kappa shape index (κ3) is 4.52. The summed E-state index contributed by atoms with van der Waals surface area (Å²) in [6.45, 7) is 2.92. The molecule has 2 aromatic rings. The minimum atomic E-state index is -0.737. The molecular weight excluding hydrogens is 432 g/mol. The quantitative estimate of drug-likeness (QED) is 0.512. The molecule has 1 heterocycles. The predicted octanol–water partition coefficient (Wildman–Crippen LogP) is 3.22. The number of nitrogens with zero attached hydrogens (tertiary/aromatic N) is 4. The molecule has 10 heteroatoms. The van der Waals surface area contributed by atoms with Gasteiger partial charge >= 0.3 is 0 Å². The van der Waals surface area contributed by atoms with Gasteiger partial charge in [-0.3, -0.25) is 29.9 Å². The Bertz CT molecular complexity index is 896. The lowest BCUT2D eigenvalue weighted by Crippen LogP contribution is -2.48. The molecule has 1 aliphatic rings. The summed E-state index contributed by atoms with van der Waals surface area (Å²) in [7, 11) is 0. The fraction of sp³-hybridized carbons (Fsp3) is 0.278. The number of carbonyl (C=O) groups is 1. The predicted molar refractivity (Wildman–Crippen MR) is 105 cm³/mol. The summed E-state index contributed by atoms with van der Waals surface area (Å²) in [6.07, 6.45) is 0. The standard InChI is InChI=1S/C18H17BrN4O5/c19-17-4-2-1-3-13(17)12-20-5-7-21(8-6-20)18(24)14-9-15(22(25)26)11-16(10-14)23(27)28/h1-4,9-11H,5-8,12H2. The first kappa shape index (κ1) is 19.9. The van der Waals surface area contributed by atoms with Crippen molar-refractivity contribution in [3.05, 3.63) is 78.3 Å². The second-order valence-corrected chi connectivity index (χ2v) is 7.27. The van der Waals surface area contributed by atoms with Gasteiger partial charge in [0.2, 0.25) is 0 Å². The van der Waals surface area contributed by atoms with Gasteiger partial charge in [-0.25, -0.2) is 0 Å². The maximum absolute atomic E-state index is 12.7. The van der Waals surface area contributed by atoms with Crippen LogP contribution < -0.4 is 0 Å². The van der Waals surface area contributed by atoms with Gasteiger partial charge in [-0.15, -0.1) is 0 Å². The van der Waals surface area contributed by atoms with E-state index >= 15 is 0 Å². The lowest BCUT2D eigenvalue weighted by Gasteiger charge is -2.35. The van der Waals surface area contributed by atoms with Crippen molar-refractivity contribution in [3.8, 4) is 0 Å². The Hall–Kier alpha value is -2.85. The van der Waals surface area contributed by atoms with E-state index in [1.54, 1.807) is 4.90 Å². The van der Waals surface area contributed by atoms with E-state index in [1.165, 1.54) is 0 Å². The molecule has 0 atom stereocenters. The number of carbonyl (C=O) groups excluding carboxylic acids is 1.